The number of carbonyl (C=O) groups is 1. The summed E-state index contributed by atoms with van der Waals surface area (Å²) < 4.78 is 53.9. The standard InChI is InChI=1S/C31H22F2N4O7S/c1-15-21(44-31(40)43-15)12-42-28-20(38)8-9-36-27(28)30(39)35-10-11-41-13-22(35)37(36)26-16-4-2-3-5-17(16)29-25(34-14-45-29)23-18(26)6-7-19(32)24(23)33/h2-9,14,22,26H,10-13H2,1H3. The molecule has 2 unspecified atom stereocenters. The zero-order chi connectivity index (χ0) is 31.0. The van der Waals surface area contributed by atoms with Crippen molar-refractivity contribution in [2.45, 2.75) is 25.7 Å². The molecule has 5 aromatic rings. The lowest BCUT2D eigenvalue weighted by atomic mass is 9.92. The normalized spacial score (nSPS) is 18.4. The van der Waals surface area contributed by atoms with Gasteiger partial charge >= 0.3 is 5.82 Å². The second-order valence-electron chi connectivity index (χ2n) is 10.7. The summed E-state index contributed by atoms with van der Waals surface area (Å²) in [6.07, 6.45) is 0.755. The van der Waals surface area contributed by atoms with Gasteiger partial charge in [0.1, 0.15) is 12.8 Å². The number of pyridine rings is 1. The first-order valence-corrected chi connectivity index (χ1v) is 14.9. The molecular weight excluding hydrogens is 610 g/mol. The van der Waals surface area contributed by atoms with Crippen LogP contribution in [0.5, 0.6) is 5.75 Å². The molecule has 0 radical (unpaired) electrons. The van der Waals surface area contributed by atoms with E-state index in [9.17, 15) is 18.8 Å². The van der Waals surface area contributed by atoms with Crippen LogP contribution in [-0.4, -0.2) is 46.4 Å². The molecule has 8 rings (SSSR count). The third-order valence-corrected chi connectivity index (χ3v) is 9.19. The van der Waals surface area contributed by atoms with Crippen molar-refractivity contribution in [3.63, 3.8) is 0 Å². The Hall–Kier alpha value is -5.08. The maximum absolute atomic E-state index is 15.9. The van der Waals surface area contributed by atoms with Crippen molar-refractivity contribution in [3.8, 4) is 27.4 Å². The van der Waals surface area contributed by atoms with E-state index in [1.165, 1.54) is 41.3 Å². The van der Waals surface area contributed by atoms with Crippen LogP contribution in [0.3, 0.4) is 0 Å². The molecule has 2 aliphatic heterocycles. The van der Waals surface area contributed by atoms with Crippen molar-refractivity contribution >= 4 is 17.2 Å². The predicted octanol–water partition coefficient (Wildman–Crippen LogP) is 4.20. The molecule has 1 fully saturated rings. The minimum absolute atomic E-state index is 0.0113. The number of amides is 1. The summed E-state index contributed by atoms with van der Waals surface area (Å²) in [4.78, 5) is 45.7. The van der Waals surface area contributed by atoms with Crippen LogP contribution in [0.2, 0.25) is 0 Å². The number of hydrogen-bond acceptors (Lipinski definition) is 10. The SMILES string of the molecule is Cc1oc(=O)oc1COc1c2n(ccc1=O)N(C1c3ccccc3-c3scnc3-c3c1ccc(F)c3F)C1COCCN1C2=O. The van der Waals surface area contributed by atoms with Gasteiger partial charge in [0.2, 0.25) is 5.43 Å². The number of thiazole rings is 1. The van der Waals surface area contributed by atoms with Crippen molar-refractivity contribution < 1.29 is 31.9 Å². The molecule has 2 aromatic carbocycles. The Balaban J connectivity index is 1.38. The topological polar surface area (TPSA) is 120 Å². The van der Waals surface area contributed by atoms with E-state index in [0.29, 0.717) is 16.1 Å². The number of aromatic nitrogens is 2. The van der Waals surface area contributed by atoms with Gasteiger partial charge in [0.25, 0.3) is 5.91 Å². The summed E-state index contributed by atoms with van der Waals surface area (Å²) in [6, 6.07) is 10.5. The molecule has 3 aliphatic rings. The number of aryl methyl sites for hydroxylation is 1. The zero-order valence-electron chi connectivity index (χ0n) is 23.5. The Kier molecular flexibility index (Phi) is 6.25. The van der Waals surface area contributed by atoms with Gasteiger partial charge < -0.3 is 23.2 Å². The number of fused-ring (bicyclic) bond motifs is 7. The summed E-state index contributed by atoms with van der Waals surface area (Å²) in [5.74, 6) is -3.49. The van der Waals surface area contributed by atoms with Gasteiger partial charge in [-0.3, -0.25) is 19.3 Å². The maximum Gasteiger partial charge on any atom is 0.519 e. The van der Waals surface area contributed by atoms with Crippen LogP contribution in [0.15, 0.2) is 72.6 Å². The summed E-state index contributed by atoms with van der Waals surface area (Å²) in [6.45, 7) is 1.71. The van der Waals surface area contributed by atoms with Gasteiger partial charge in [-0.15, -0.1) is 11.3 Å². The Bertz CT molecular complexity index is 2140. The predicted molar refractivity (Wildman–Crippen MR) is 156 cm³/mol. The fraction of sp³-hybridized carbons (Fsp3) is 0.226. The first kappa shape index (κ1) is 27.5. The van der Waals surface area contributed by atoms with Gasteiger partial charge in [0.15, 0.2) is 34.6 Å². The monoisotopic (exact) mass is 632 g/mol. The van der Waals surface area contributed by atoms with Crippen LogP contribution in [0.25, 0.3) is 21.7 Å². The molecule has 14 heteroatoms. The van der Waals surface area contributed by atoms with Crippen molar-refractivity contribution in [2.75, 3.05) is 24.8 Å². The average molecular weight is 633 g/mol. The lowest BCUT2D eigenvalue weighted by Gasteiger charge is -2.51. The lowest BCUT2D eigenvalue weighted by molar-refractivity contribution is -0.0198. The molecule has 1 saturated heterocycles. The fourth-order valence-corrected chi connectivity index (χ4v) is 7.19. The molecule has 2 atom stereocenters. The van der Waals surface area contributed by atoms with Crippen LogP contribution in [0.4, 0.5) is 8.78 Å². The Morgan fingerprint density at radius 1 is 1.07 bits per heavy atom. The van der Waals surface area contributed by atoms with Crippen molar-refractivity contribution in [3.05, 3.63) is 115 Å². The first-order valence-electron chi connectivity index (χ1n) is 14.0. The van der Waals surface area contributed by atoms with Gasteiger partial charge in [0.05, 0.1) is 35.3 Å². The molecule has 5 heterocycles. The summed E-state index contributed by atoms with van der Waals surface area (Å²) in [5, 5.41) is 1.83. The molecule has 0 spiro atoms. The lowest BCUT2D eigenvalue weighted by Crippen LogP contribution is -2.66. The second-order valence-corrected chi connectivity index (χ2v) is 11.6. The molecule has 1 aliphatic carbocycles. The molecule has 0 N–H and O–H groups in total. The van der Waals surface area contributed by atoms with E-state index in [1.807, 2.05) is 29.3 Å². The van der Waals surface area contributed by atoms with Crippen molar-refractivity contribution in [1.82, 2.24) is 14.6 Å². The maximum atomic E-state index is 15.9. The van der Waals surface area contributed by atoms with E-state index in [2.05, 4.69) is 4.98 Å². The molecule has 0 saturated carbocycles. The van der Waals surface area contributed by atoms with Crippen LogP contribution in [-0.2, 0) is 11.3 Å². The third kappa shape index (κ3) is 4.09. The van der Waals surface area contributed by atoms with Gasteiger partial charge in [0, 0.05) is 24.4 Å². The number of ether oxygens (including phenoxy) is 2. The molecule has 1 amide bonds. The van der Waals surface area contributed by atoms with Gasteiger partial charge in [-0.05, 0) is 29.7 Å². The van der Waals surface area contributed by atoms with Crippen LogP contribution < -0.4 is 21.0 Å². The van der Waals surface area contributed by atoms with Gasteiger partial charge in [-0.25, -0.2) is 18.6 Å². The quantitative estimate of drug-likeness (QED) is 0.287. The van der Waals surface area contributed by atoms with E-state index in [0.717, 1.165) is 17.2 Å². The highest BCUT2D eigenvalue weighted by molar-refractivity contribution is 7.13. The average Bonchev–Trinajstić information content (AvgIpc) is 3.62. The van der Waals surface area contributed by atoms with Crippen molar-refractivity contribution in [1.29, 1.82) is 0 Å². The first-order chi connectivity index (χ1) is 21.8. The Labute approximate surface area is 256 Å². The molecular formula is C31H22F2N4O7S. The number of hydrogen-bond donors (Lipinski definition) is 0. The number of halogens is 2. The molecule has 0 bridgehead atoms. The molecule has 45 heavy (non-hydrogen) atoms. The number of rotatable bonds is 4. The number of carbonyl (C=O) groups excluding carboxylic acids is 1. The Morgan fingerprint density at radius 2 is 1.91 bits per heavy atom. The third-order valence-electron chi connectivity index (χ3n) is 8.33. The fourth-order valence-electron chi connectivity index (χ4n) is 6.35. The van der Waals surface area contributed by atoms with E-state index in [1.54, 1.807) is 10.4 Å². The largest absolute Gasteiger partial charge is 0.519 e. The molecule has 11 nitrogen and oxygen atoms in total. The Morgan fingerprint density at radius 3 is 2.73 bits per heavy atom. The molecule has 3 aromatic heterocycles. The zero-order valence-corrected chi connectivity index (χ0v) is 24.3. The minimum Gasteiger partial charge on any atom is -0.479 e. The summed E-state index contributed by atoms with van der Waals surface area (Å²) >= 11 is 1.31. The highest BCUT2D eigenvalue weighted by atomic mass is 32.1. The van der Waals surface area contributed by atoms with E-state index >= 15 is 4.39 Å². The smallest absolute Gasteiger partial charge is 0.479 e. The van der Waals surface area contributed by atoms with Crippen LogP contribution in [0, 0.1) is 18.6 Å². The summed E-state index contributed by atoms with van der Waals surface area (Å²) in [5.41, 5.74) is 3.18. The van der Waals surface area contributed by atoms with Gasteiger partial charge in [-0.1, -0.05) is 30.3 Å². The highest BCUT2D eigenvalue weighted by Gasteiger charge is 2.47. The number of benzene rings is 2. The van der Waals surface area contributed by atoms with Crippen LogP contribution >= 0.6 is 11.3 Å². The highest BCUT2D eigenvalue weighted by Crippen LogP contribution is 2.50. The van der Waals surface area contributed by atoms with Crippen LogP contribution in [0.1, 0.15) is 39.2 Å². The number of nitrogens with zero attached hydrogens (tertiary/aromatic N) is 4. The second kappa shape index (κ2) is 10.2. The summed E-state index contributed by atoms with van der Waals surface area (Å²) in [7, 11) is 0. The van der Waals surface area contributed by atoms with Crippen molar-refractivity contribution in [2.24, 2.45) is 0 Å². The number of morpholine rings is 1. The van der Waals surface area contributed by atoms with E-state index in [-0.39, 0.29) is 54.9 Å². The minimum atomic E-state index is -1.04. The van der Waals surface area contributed by atoms with Gasteiger partial charge in [-0.2, -0.15) is 0 Å². The molecule has 228 valence electrons. The van der Waals surface area contributed by atoms with E-state index in [4.69, 9.17) is 18.3 Å². The van der Waals surface area contributed by atoms with E-state index < -0.39 is 41.0 Å².